The van der Waals surface area contributed by atoms with Crippen LogP contribution >= 0.6 is 11.3 Å². The van der Waals surface area contributed by atoms with E-state index in [-0.39, 0.29) is 0 Å². The molecule has 1 aliphatic rings. The first-order valence-corrected chi connectivity index (χ1v) is 7.03. The Hall–Kier alpha value is -1.39. The van der Waals surface area contributed by atoms with Gasteiger partial charge in [-0.15, -0.1) is 11.3 Å². The largest absolute Gasteiger partial charge is 0.357 e. The van der Waals surface area contributed by atoms with Crippen molar-refractivity contribution in [3.05, 3.63) is 45.5 Å². The minimum absolute atomic E-state index is 0.847. The summed E-state index contributed by atoms with van der Waals surface area (Å²) in [4.78, 5) is 5.78. The van der Waals surface area contributed by atoms with Crippen LogP contribution in [0.4, 0.5) is 5.13 Å². The van der Waals surface area contributed by atoms with Crippen molar-refractivity contribution < 1.29 is 0 Å². The predicted molar refractivity (Wildman–Crippen MR) is 75.9 cm³/mol. The van der Waals surface area contributed by atoms with Gasteiger partial charge in [0, 0.05) is 24.5 Å². The second-order valence-electron chi connectivity index (χ2n) is 4.72. The fraction of sp³-hybridized carbons (Fsp3) is 0.357. The van der Waals surface area contributed by atoms with Crippen LogP contribution in [-0.4, -0.2) is 4.98 Å². The van der Waals surface area contributed by atoms with E-state index in [4.69, 9.17) is 0 Å². The molecule has 1 aromatic carbocycles. The average Bonchev–Trinajstić information content (AvgIpc) is 2.94. The third-order valence-electron chi connectivity index (χ3n) is 3.37. The number of rotatable bonds is 3. The topological polar surface area (TPSA) is 37.0 Å². The predicted octanol–water partition coefficient (Wildman–Crippen LogP) is 2.98. The molecule has 0 saturated carbocycles. The van der Waals surface area contributed by atoms with Gasteiger partial charge in [-0.3, -0.25) is 0 Å². The van der Waals surface area contributed by atoms with E-state index in [1.54, 1.807) is 11.3 Å². The van der Waals surface area contributed by atoms with Crippen LogP contribution in [0, 0.1) is 13.8 Å². The molecule has 3 rings (SSSR count). The van der Waals surface area contributed by atoms with E-state index in [9.17, 15) is 0 Å². The van der Waals surface area contributed by atoms with E-state index in [2.05, 4.69) is 47.7 Å². The maximum absolute atomic E-state index is 4.49. The first kappa shape index (κ1) is 11.7. The van der Waals surface area contributed by atoms with Gasteiger partial charge in [-0.1, -0.05) is 18.2 Å². The normalized spacial score (nSPS) is 13.7. The van der Waals surface area contributed by atoms with Crippen LogP contribution in [0.1, 0.15) is 27.3 Å². The number of fused-ring (bicyclic) bond motifs is 1. The van der Waals surface area contributed by atoms with E-state index in [1.807, 2.05) is 0 Å². The number of nitrogens with one attached hydrogen (secondary N) is 2. The second kappa shape index (κ2) is 4.71. The van der Waals surface area contributed by atoms with Gasteiger partial charge in [0.25, 0.3) is 0 Å². The van der Waals surface area contributed by atoms with Gasteiger partial charge in [-0.2, -0.15) is 0 Å². The highest BCUT2D eigenvalue weighted by Crippen LogP contribution is 2.22. The Labute approximate surface area is 111 Å². The maximum Gasteiger partial charge on any atom is 0.183 e. The minimum atomic E-state index is 0.847. The van der Waals surface area contributed by atoms with Crippen LogP contribution in [0.3, 0.4) is 0 Å². The van der Waals surface area contributed by atoms with Crippen molar-refractivity contribution in [1.82, 2.24) is 10.3 Å². The molecule has 0 spiro atoms. The first-order valence-electron chi connectivity index (χ1n) is 6.21. The van der Waals surface area contributed by atoms with Gasteiger partial charge < -0.3 is 10.6 Å². The maximum atomic E-state index is 4.49. The number of benzene rings is 1. The molecule has 0 saturated heterocycles. The van der Waals surface area contributed by atoms with E-state index >= 15 is 0 Å². The number of aromatic nitrogens is 1. The Morgan fingerprint density at radius 2 is 2.11 bits per heavy atom. The smallest absolute Gasteiger partial charge is 0.183 e. The van der Waals surface area contributed by atoms with Crippen LogP contribution in [0.15, 0.2) is 18.2 Å². The standard InChI is InChI=1S/C14H17N3S/c1-9-10(2)18-14(17-9)16-6-11-3-4-12-7-15-8-13(12)5-11/h3-5,15H,6-8H2,1-2H3,(H,16,17). The molecule has 94 valence electrons. The van der Waals surface area contributed by atoms with Gasteiger partial charge in [-0.25, -0.2) is 4.98 Å². The summed E-state index contributed by atoms with van der Waals surface area (Å²) in [5.74, 6) is 0. The van der Waals surface area contributed by atoms with Gasteiger partial charge in [0.15, 0.2) is 5.13 Å². The molecule has 2 N–H and O–H groups in total. The molecule has 0 aliphatic carbocycles. The van der Waals surface area contributed by atoms with Crippen molar-refractivity contribution in [2.45, 2.75) is 33.5 Å². The molecule has 3 nitrogen and oxygen atoms in total. The quantitative estimate of drug-likeness (QED) is 0.890. The molecule has 0 atom stereocenters. The minimum Gasteiger partial charge on any atom is -0.357 e. The summed E-state index contributed by atoms with van der Waals surface area (Å²) in [6.07, 6.45) is 0. The molecule has 2 heterocycles. The summed E-state index contributed by atoms with van der Waals surface area (Å²) in [5, 5.41) is 7.79. The summed E-state index contributed by atoms with van der Waals surface area (Å²) in [6, 6.07) is 6.71. The molecule has 0 unspecified atom stereocenters. The number of hydrogen-bond acceptors (Lipinski definition) is 4. The SMILES string of the molecule is Cc1nc(NCc2ccc3c(c2)CNC3)sc1C. The molecule has 1 aromatic heterocycles. The van der Waals surface area contributed by atoms with Gasteiger partial charge in [-0.05, 0) is 30.5 Å². The van der Waals surface area contributed by atoms with Crippen molar-refractivity contribution in [2.24, 2.45) is 0 Å². The number of hydrogen-bond donors (Lipinski definition) is 2. The summed E-state index contributed by atoms with van der Waals surface area (Å²) in [6.45, 7) is 7.02. The fourth-order valence-corrected chi connectivity index (χ4v) is 2.99. The zero-order chi connectivity index (χ0) is 12.5. The Balaban J connectivity index is 1.70. The molecule has 18 heavy (non-hydrogen) atoms. The van der Waals surface area contributed by atoms with Gasteiger partial charge in [0.1, 0.15) is 0 Å². The van der Waals surface area contributed by atoms with Crippen LogP contribution < -0.4 is 10.6 Å². The Kier molecular flexibility index (Phi) is 3.06. The molecule has 1 aliphatic heterocycles. The summed E-state index contributed by atoms with van der Waals surface area (Å²) in [7, 11) is 0. The Morgan fingerprint density at radius 1 is 1.28 bits per heavy atom. The van der Waals surface area contributed by atoms with Crippen LogP contribution in [-0.2, 0) is 19.6 Å². The lowest BCUT2D eigenvalue weighted by Crippen LogP contribution is -2.00. The third-order valence-corrected chi connectivity index (χ3v) is 4.40. The summed E-state index contributed by atoms with van der Waals surface area (Å²) < 4.78 is 0. The van der Waals surface area contributed by atoms with Crippen molar-refractivity contribution in [3.63, 3.8) is 0 Å². The van der Waals surface area contributed by atoms with E-state index in [1.165, 1.54) is 21.6 Å². The average molecular weight is 259 g/mol. The summed E-state index contributed by atoms with van der Waals surface area (Å²) in [5.41, 5.74) is 5.31. The number of aryl methyl sites for hydroxylation is 2. The van der Waals surface area contributed by atoms with Gasteiger partial charge in [0.2, 0.25) is 0 Å². The first-order chi connectivity index (χ1) is 8.72. The lowest BCUT2D eigenvalue weighted by atomic mass is 10.1. The lowest BCUT2D eigenvalue weighted by Gasteiger charge is -2.05. The fourth-order valence-electron chi connectivity index (χ4n) is 2.18. The highest BCUT2D eigenvalue weighted by Gasteiger charge is 2.10. The molecular weight excluding hydrogens is 242 g/mol. The lowest BCUT2D eigenvalue weighted by molar-refractivity contribution is 0.764. The monoisotopic (exact) mass is 259 g/mol. The molecule has 0 radical (unpaired) electrons. The second-order valence-corrected chi connectivity index (χ2v) is 5.92. The number of anilines is 1. The van der Waals surface area contributed by atoms with Crippen molar-refractivity contribution in [1.29, 1.82) is 0 Å². The molecule has 0 amide bonds. The zero-order valence-electron chi connectivity index (χ0n) is 10.7. The molecule has 0 bridgehead atoms. The summed E-state index contributed by atoms with van der Waals surface area (Å²) >= 11 is 1.72. The molecular formula is C14H17N3S. The van der Waals surface area contributed by atoms with Crippen LogP contribution in [0.25, 0.3) is 0 Å². The Bertz CT molecular complexity index is 555. The molecule has 2 aromatic rings. The number of thiazole rings is 1. The van der Waals surface area contributed by atoms with Crippen LogP contribution in [0.5, 0.6) is 0 Å². The zero-order valence-corrected chi connectivity index (χ0v) is 11.5. The molecule has 4 heteroatoms. The van der Waals surface area contributed by atoms with Gasteiger partial charge >= 0.3 is 0 Å². The van der Waals surface area contributed by atoms with Crippen molar-refractivity contribution in [3.8, 4) is 0 Å². The third kappa shape index (κ3) is 2.26. The molecule has 0 fully saturated rings. The van der Waals surface area contributed by atoms with E-state index in [0.717, 1.165) is 30.5 Å². The van der Waals surface area contributed by atoms with Crippen molar-refractivity contribution >= 4 is 16.5 Å². The van der Waals surface area contributed by atoms with Crippen LogP contribution in [0.2, 0.25) is 0 Å². The Morgan fingerprint density at radius 3 is 2.89 bits per heavy atom. The van der Waals surface area contributed by atoms with Gasteiger partial charge in [0.05, 0.1) is 5.69 Å². The highest BCUT2D eigenvalue weighted by molar-refractivity contribution is 7.15. The van der Waals surface area contributed by atoms with E-state index < -0.39 is 0 Å². The van der Waals surface area contributed by atoms with Crippen molar-refractivity contribution in [2.75, 3.05) is 5.32 Å². The van der Waals surface area contributed by atoms with E-state index in [0.29, 0.717) is 0 Å². The number of nitrogens with zero attached hydrogens (tertiary/aromatic N) is 1. The highest BCUT2D eigenvalue weighted by atomic mass is 32.1.